The zero-order valence-corrected chi connectivity index (χ0v) is 24.4. The van der Waals surface area contributed by atoms with Crippen LogP contribution in [0, 0.1) is 0 Å². The third-order valence-corrected chi connectivity index (χ3v) is 6.32. The number of hydrogen-bond donors (Lipinski definition) is 6. The van der Waals surface area contributed by atoms with Gasteiger partial charge >= 0.3 is 0 Å². The molecule has 0 bridgehead atoms. The third kappa shape index (κ3) is 8.57. The second-order valence-corrected chi connectivity index (χ2v) is 9.88. The molecule has 0 aliphatic rings. The molecule has 14 heteroatoms. The van der Waals surface area contributed by atoms with Crippen LogP contribution in [0.15, 0.2) is 36.8 Å². The SMILES string of the molecule is CCCNC(=O)c1cc(NC(=O)c2cc(NC(=O)CCNC(=O)c3cc(NC(=O)CCCN)cn3C)cn2C)cn1C. The molecule has 3 aromatic rings. The molecule has 0 atom stereocenters. The molecule has 3 heterocycles. The fourth-order valence-electron chi connectivity index (χ4n) is 4.19. The van der Waals surface area contributed by atoms with Gasteiger partial charge in [0.05, 0.1) is 17.1 Å². The smallest absolute Gasteiger partial charge is 0.272 e. The maximum Gasteiger partial charge on any atom is 0.272 e. The Bertz CT molecular complexity index is 1450. The van der Waals surface area contributed by atoms with Crippen molar-refractivity contribution in [3.8, 4) is 0 Å². The van der Waals surface area contributed by atoms with Gasteiger partial charge in [-0.15, -0.1) is 0 Å². The Morgan fingerprint density at radius 3 is 1.55 bits per heavy atom. The fraction of sp³-hybridized carbons (Fsp3) is 0.393. The van der Waals surface area contributed by atoms with E-state index in [1.165, 1.54) is 6.07 Å². The number of anilines is 3. The summed E-state index contributed by atoms with van der Waals surface area (Å²) in [5.41, 5.74) is 7.85. The highest BCUT2D eigenvalue weighted by molar-refractivity contribution is 6.05. The molecule has 226 valence electrons. The molecule has 14 nitrogen and oxygen atoms in total. The van der Waals surface area contributed by atoms with E-state index in [4.69, 9.17) is 5.73 Å². The van der Waals surface area contributed by atoms with Crippen LogP contribution in [0.2, 0.25) is 0 Å². The molecule has 0 saturated heterocycles. The molecule has 0 aliphatic carbocycles. The molecular weight excluding hydrogens is 542 g/mol. The predicted molar refractivity (Wildman–Crippen MR) is 159 cm³/mol. The number of carbonyl (C=O) groups is 5. The number of nitrogens with one attached hydrogen (secondary N) is 5. The molecule has 0 aliphatic heterocycles. The number of carbonyl (C=O) groups excluding carboxylic acids is 5. The van der Waals surface area contributed by atoms with Gasteiger partial charge < -0.3 is 46.0 Å². The van der Waals surface area contributed by atoms with Gasteiger partial charge in [0, 0.05) is 65.7 Å². The van der Waals surface area contributed by atoms with E-state index in [-0.39, 0.29) is 30.7 Å². The molecule has 0 radical (unpaired) electrons. The first-order chi connectivity index (χ1) is 20.0. The summed E-state index contributed by atoms with van der Waals surface area (Å²) in [7, 11) is 5.08. The number of nitrogens with two attached hydrogens (primary N) is 1. The Morgan fingerprint density at radius 1 is 0.643 bits per heavy atom. The molecule has 0 unspecified atom stereocenters. The number of amides is 5. The third-order valence-electron chi connectivity index (χ3n) is 6.32. The van der Waals surface area contributed by atoms with Crippen LogP contribution in [0.1, 0.15) is 64.1 Å². The van der Waals surface area contributed by atoms with E-state index in [0.29, 0.717) is 60.1 Å². The average Bonchev–Trinajstić information content (AvgIpc) is 3.61. The normalized spacial score (nSPS) is 10.7. The van der Waals surface area contributed by atoms with Crippen molar-refractivity contribution in [2.75, 3.05) is 35.6 Å². The molecule has 5 amide bonds. The van der Waals surface area contributed by atoms with Crippen LogP contribution in [-0.4, -0.2) is 62.9 Å². The van der Waals surface area contributed by atoms with E-state index in [9.17, 15) is 24.0 Å². The van der Waals surface area contributed by atoms with Crippen LogP contribution >= 0.6 is 0 Å². The fourth-order valence-corrected chi connectivity index (χ4v) is 4.19. The summed E-state index contributed by atoms with van der Waals surface area (Å²) < 4.78 is 4.80. The quantitative estimate of drug-likeness (QED) is 0.168. The van der Waals surface area contributed by atoms with E-state index in [0.717, 1.165) is 6.42 Å². The van der Waals surface area contributed by atoms with Gasteiger partial charge in [-0.2, -0.15) is 0 Å². The first kappa shape index (κ1) is 31.7. The van der Waals surface area contributed by atoms with Crippen molar-refractivity contribution in [1.82, 2.24) is 24.3 Å². The summed E-state index contributed by atoms with van der Waals surface area (Å²) >= 11 is 0. The average molecular weight is 582 g/mol. The molecule has 3 aromatic heterocycles. The molecule has 7 N–H and O–H groups in total. The molecule has 3 rings (SSSR count). The van der Waals surface area contributed by atoms with Crippen LogP contribution < -0.4 is 32.3 Å². The Kier molecular flexibility index (Phi) is 11.1. The molecular formula is C28H39N9O5. The van der Waals surface area contributed by atoms with Crippen LogP contribution in [0.25, 0.3) is 0 Å². The van der Waals surface area contributed by atoms with Crippen molar-refractivity contribution < 1.29 is 24.0 Å². The Balaban J connectivity index is 1.49. The van der Waals surface area contributed by atoms with E-state index in [2.05, 4.69) is 26.6 Å². The van der Waals surface area contributed by atoms with Gasteiger partial charge in [0.2, 0.25) is 11.8 Å². The summed E-state index contributed by atoms with van der Waals surface area (Å²) in [4.78, 5) is 62.2. The van der Waals surface area contributed by atoms with Crippen LogP contribution in [0.5, 0.6) is 0 Å². The minimum absolute atomic E-state index is 0.00214. The van der Waals surface area contributed by atoms with E-state index in [1.807, 2.05) is 6.92 Å². The molecule has 0 fully saturated rings. The van der Waals surface area contributed by atoms with Crippen molar-refractivity contribution in [3.05, 3.63) is 53.9 Å². The van der Waals surface area contributed by atoms with Crippen molar-refractivity contribution in [2.24, 2.45) is 26.9 Å². The zero-order valence-electron chi connectivity index (χ0n) is 24.4. The highest BCUT2D eigenvalue weighted by Gasteiger charge is 2.18. The van der Waals surface area contributed by atoms with Crippen molar-refractivity contribution in [2.45, 2.75) is 32.6 Å². The summed E-state index contributed by atoms with van der Waals surface area (Å²) in [5, 5.41) is 13.7. The lowest BCUT2D eigenvalue weighted by Gasteiger charge is -2.06. The van der Waals surface area contributed by atoms with Gasteiger partial charge in [-0.1, -0.05) is 6.92 Å². The van der Waals surface area contributed by atoms with Crippen molar-refractivity contribution in [3.63, 3.8) is 0 Å². The number of aromatic nitrogens is 3. The van der Waals surface area contributed by atoms with Gasteiger partial charge in [-0.25, -0.2) is 0 Å². The largest absolute Gasteiger partial charge is 0.351 e. The number of aryl methyl sites for hydroxylation is 3. The predicted octanol–water partition coefficient (Wildman–Crippen LogP) is 1.53. The highest BCUT2D eigenvalue weighted by atomic mass is 16.2. The number of rotatable bonds is 14. The lowest BCUT2D eigenvalue weighted by Crippen LogP contribution is -2.28. The molecule has 0 aromatic carbocycles. The lowest BCUT2D eigenvalue weighted by molar-refractivity contribution is -0.117. The monoisotopic (exact) mass is 581 g/mol. The van der Waals surface area contributed by atoms with Crippen molar-refractivity contribution >= 4 is 46.6 Å². The van der Waals surface area contributed by atoms with E-state index in [1.54, 1.807) is 65.6 Å². The van der Waals surface area contributed by atoms with E-state index < -0.39 is 11.8 Å². The summed E-state index contributed by atoms with van der Waals surface area (Å²) in [6.45, 7) is 3.02. The first-order valence-electron chi connectivity index (χ1n) is 13.7. The highest BCUT2D eigenvalue weighted by Crippen LogP contribution is 2.18. The second-order valence-electron chi connectivity index (χ2n) is 9.88. The van der Waals surface area contributed by atoms with Crippen LogP contribution in [0.3, 0.4) is 0 Å². The minimum atomic E-state index is -0.408. The van der Waals surface area contributed by atoms with Gasteiger partial charge in [-0.3, -0.25) is 24.0 Å². The Hall–Kier alpha value is -4.85. The van der Waals surface area contributed by atoms with Crippen LogP contribution in [-0.2, 0) is 30.7 Å². The van der Waals surface area contributed by atoms with Gasteiger partial charge in [-0.05, 0) is 37.6 Å². The Labute approximate surface area is 244 Å². The number of hydrogen-bond acceptors (Lipinski definition) is 6. The maximum absolute atomic E-state index is 12.9. The molecule has 0 spiro atoms. The van der Waals surface area contributed by atoms with Crippen LogP contribution in [0.4, 0.5) is 17.1 Å². The van der Waals surface area contributed by atoms with Gasteiger partial charge in [0.1, 0.15) is 17.1 Å². The second kappa shape index (κ2) is 14.7. The zero-order chi connectivity index (χ0) is 30.8. The summed E-state index contributed by atoms with van der Waals surface area (Å²) in [6, 6.07) is 4.69. The molecule has 0 saturated carbocycles. The lowest BCUT2D eigenvalue weighted by atomic mass is 10.3. The molecule has 42 heavy (non-hydrogen) atoms. The Morgan fingerprint density at radius 2 is 1.07 bits per heavy atom. The minimum Gasteiger partial charge on any atom is -0.351 e. The summed E-state index contributed by atoms with van der Waals surface area (Å²) in [5.74, 6) is -1.56. The van der Waals surface area contributed by atoms with Gasteiger partial charge in [0.25, 0.3) is 17.7 Å². The van der Waals surface area contributed by atoms with Crippen molar-refractivity contribution in [1.29, 1.82) is 0 Å². The standard InChI is InChI=1S/C28H39N9O5/c1-5-10-30-26(40)22-14-20(17-36(22)3)34-28(42)23-13-19(16-37(23)4)33-25(39)8-11-31-27(41)21-12-18(15-35(21)2)32-24(38)7-6-9-29/h12-17H,5-11,29H2,1-4H3,(H,30,40)(H,31,41)(H,32,38)(H,33,39)(H,34,42). The number of nitrogens with zero attached hydrogens (tertiary/aromatic N) is 3. The van der Waals surface area contributed by atoms with Gasteiger partial charge in [0.15, 0.2) is 0 Å². The topological polar surface area (TPSA) is 186 Å². The first-order valence-corrected chi connectivity index (χ1v) is 13.7. The van der Waals surface area contributed by atoms with E-state index >= 15 is 0 Å². The maximum atomic E-state index is 12.9. The summed E-state index contributed by atoms with van der Waals surface area (Å²) in [6.07, 6.45) is 6.56.